The summed E-state index contributed by atoms with van der Waals surface area (Å²) in [5.74, 6) is -1.30. The number of amides is 1. The lowest BCUT2D eigenvalue weighted by molar-refractivity contribution is -0.118. The summed E-state index contributed by atoms with van der Waals surface area (Å²) in [5, 5.41) is 8.99. The van der Waals surface area contributed by atoms with Gasteiger partial charge in [0.2, 0.25) is 5.91 Å². The molecule has 0 bridgehead atoms. The number of aliphatic hydroxyl groups excluding tert-OH is 1. The summed E-state index contributed by atoms with van der Waals surface area (Å²) in [5.41, 5.74) is 5.59. The van der Waals surface area contributed by atoms with Gasteiger partial charge in [-0.2, -0.15) is 0 Å². The summed E-state index contributed by atoms with van der Waals surface area (Å²) < 4.78 is 12.8. The van der Waals surface area contributed by atoms with Crippen LogP contribution < -0.4 is 5.73 Å². The fourth-order valence-corrected chi connectivity index (χ4v) is 1.29. The summed E-state index contributed by atoms with van der Waals surface area (Å²) in [4.78, 5) is 10.6. The average molecular weight is 197 g/mol. The lowest BCUT2D eigenvalue weighted by Crippen LogP contribution is -2.17. The van der Waals surface area contributed by atoms with Gasteiger partial charge in [-0.3, -0.25) is 4.79 Å². The zero-order valence-electron chi connectivity index (χ0n) is 7.61. The zero-order valence-corrected chi connectivity index (χ0v) is 7.61. The second-order valence-electron chi connectivity index (χ2n) is 3.10. The van der Waals surface area contributed by atoms with Crippen LogP contribution in [-0.2, 0) is 4.79 Å². The van der Waals surface area contributed by atoms with Crippen LogP contribution in [0.25, 0.3) is 0 Å². The van der Waals surface area contributed by atoms with Crippen molar-refractivity contribution in [3.8, 4) is 0 Å². The third-order valence-corrected chi connectivity index (χ3v) is 1.99. The van der Waals surface area contributed by atoms with Gasteiger partial charge in [0.15, 0.2) is 0 Å². The minimum Gasteiger partial charge on any atom is -0.396 e. The molecule has 1 rings (SSSR count). The Hall–Kier alpha value is -1.42. The molecule has 0 saturated heterocycles. The number of carbonyl (C=O) groups is 1. The number of nitrogens with two attached hydrogens (primary N) is 1. The van der Waals surface area contributed by atoms with E-state index in [1.807, 2.05) is 0 Å². The van der Waals surface area contributed by atoms with Crippen molar-refractivity contribution in [1.82, 2.24) is 0 Å². The maximum atomic E-state index is 12.8. The Morgan fingerprint density at radius 1 is 1.57 bits per heavy atom. The summed E-state index contributed by atoms with van der Waals surface area (Å²) in [6.07, 6.45) is 0.0277. The van der Waals surface area contributed by atoms with Gasteiger partial charge in [-0.15, -0.1) is 0 Å². The van der Waals surface area contributed by atoms with Crippen LogP contribution in [0.3, 0.4) is 0 Å². The fraction of sp³-hybridized carbons (Fsp3) is 0.300. The summed E-state index contributed by atoms with van der Waals surface area (Å²) in [6.45, 7) is -0.216. The number of rotatable bonds is 4. The second-order valence-corrected chi connectivity index (χ2v) is 3.10. The molecule has 1 atom stereocenters. The van der Waals surface area contributed by atoms with Crippen molar-refractivity contribution in [2.75, 3.05) is 6.61 Å². The topological polar surface area (TPSA) is 63.3 Å². The number of carbonyl (C=O) groups excluding carboxylic acids is 1. The number of hydrogen-bond acceptors (Lipinski definition) is 2. The molecule has 3 nitrogen and oxygen atoms in total. The monoisotopic (exact) mass is 197 g/mol. The van der Waals surface area contributed by atoms with Crippen LogP contribution in [0.5, 0.6) is 0 Å². The molecule has 0 aliphatic carbocycles. The molecule has 0 radical (unpaired) electrons. The SMILES string of the molecule is NC(=O)CC(CO)c1cccc(F)c1. The number of primary amides is 1. The number of hydrogen-bond donors (Lipinski definition) is 2. The molecule has 1 amide bonds. The molecule has 14 heavy (non-hydrogen) atoms. The van der Waals surface area contributed by atoms with Gasteiger partial charge in [-0.25, -0.2) is 4.39 Å². The standard InChI is InChI=1S/C10H12FNO2/c11-9-3-1-2-7(4-9)8(6-13)5-10(12)14/h1-4,8,13H,5-6H2,(H2,12,14). The van der Waals surface area contributed by atoms with Crippen molar-refractivity contribution in [1.29, 1.82) is 0 Å². The normalized spacial score (nSPS) is 12.4. The first kappa shape index (κ1) is 10.7. The van der Waals surface area contributed by atoms with Crippen molar-refractivity contribution < 1.29 is 14.3 Å². The molecule has 76 valence electrons. The Morgan fingerprint density at radius 3 is 2.79 bits per heavy atom. The Morgan fingerprint density at radius 2 is 2.29 bits per heavy atom. The summed E-state index contributed by atoms with van der Waals surface area (Å²) in [6, 6.07) is 5.80. The van der Waals surface area contributed by atoms with Crippen molar-refractivity contribution in [2.24, 2.45) is 5.73 Å². The Bertz CT molecular complexity index is 328. The van der Waals surface area contributed by atoms with Gasteiger partial charge in [-0.05, 0) is 17.7 Å². The highest BCUT2D eigenvalue weighted by molar-refractivity contribution is 5.74. The number of halogens is 1. The van der Waals surface area contributed by atoms with Crippen LogP contribution in [-0.4, -0.2) is 17.6 Å². The predicted molar refractivity (Wildman–Crippen MR) is 50.0 cm³/mol. The molecule has 0 aliphatic rings. The highest BCUT2D eigenvalue weighted by Crippen LogP contribution is 2.19. The molecule has 0 fully saturated rings. The molecule has 0 aromatic heterocycles. The van der Waals surface area contributed by atoms with Gasteiger partial charge < -0.3 is 10.8 Å². The maximum absolute atomic E-state index is 12.8. The van der Waals surface area contributed by atoms with E-state index in [1.54, 1.807) is 6.07 Å². The highest BCUT2D eigenvalue weighted by Gasteiger charge is 2.13. The van der Waals surface area contributed by atoms with Gasteiger partial charge in [0.25, 0.3) is 0 Å². The molecular formula is C10H12FNO2. The molecular weight excluding hydrogens is 185 g/mol. The van der Waals surface area contributed by atoms with E-state index in [1.165, 1.54) is 18.2 Å². The molecule has 0 saturated carbocycles. The first-order chi connectivity index (χ1) is 6.63. The molecule has 1 aromatic carbocycles. The van der Waals surface area contributed by atoms with E-state index < -0.39 is 11.8 Å². The van der Waals surface area contributed by atoms with Gasteiger partial charge in [-0.1, -0.05) is 12.1 Å². The van der Waals surface area contributed by atoms with Crippen LogP contribution in [0.1, 0.15) is 17.9 Å². The summed E-state index contributed by atoms with van der Waals surface area (Å²) in [7, 11) is 0. The largest absolute Gasteiger partial charge is 0.396 e. The van der Waals surface area contributed by atoms with Crippen molar-refractivity contribution in [3.05, 3.63) is 35.6 Å². The predicted octanol–water partition coefficient (Wildman–Crippen LogP) is 0.777. The van der Waals surface area contributed by atoms with Crippen LogP contribution in [0.2, 0.25) is 0 Å². The van der Waals surface area contributed by atoms with E-state index in [0.717, 1.165) is 0 Å². The number of aliphatic hydroxyl groups is 1. The first-order valence-electron chi connectivity index (χ1n) is 4.28. The van der Waals surface area contributed by atoms with E-state index in [4.69, 9.17) is 10.8 Å². The van der Waals surface area contributed by atoms with Crippen molar-refractivity contribution in [2.45, 2.75) is 12.3 Å². The van der Waals surface area contributed by atoms with Gasteiger partial charge in [0.1, 0.15) is 5.82 Å². The highest BCUT2D eigenvalue weighted by atomic mass is 19.1. The van der Waals surface area contributed by atoms with Gasteiger partial charge >= 0.3 is 0 Å². The minimum absolute atomic E-state index is 0.0277. The maximum Gasteiger partial charge on any atom is 0.218 e. The lowest BCUT2D eigenvalue weighted by atomic mass is 9.96. The smallest absolute Gasteiger partial charge is 0.218 e. The molecule has 1 unspecified atom stereocenters. The molecule has 3 N–H and O–H groups in total. The molecule has 0 spiro atoms. The van der Waals surface area contributed by atoms with Crippen LogP contribution >= 0.6 is 0 Å². The van der Waals surface area contributed by atoms with Crippen molar-refractivity contribution in [3.63, 3.8) is 0 Å². The van der Waals surface area contributed by atoms with E-state index in [9.17, 15) is 9.18 Å². The van der Waals surface area contributed by atoms with Gasteiger partial charge in [0, 0.05) is 12.3 Å². The first-order valence-corrected chi connectivity index (χ1v) is 4.28. The van der Waals surface area contributed by atoms with Gasteiger partial charge in [0.05, 0.1) is 6.61 Å². The zero-order chi connectivity index (χ0) is 10.6. The quantitative estimate of drug-likeness (QED) is 0.749. The van der Waals surface area contributed by atoms with E-state index in [-0.39, 0.29) is 18.8 Å². The Kier molecular flexibility index (Phi) is 3.59. The fourth-order valence-electron chi connectivity index (χ4n) is 1.29. The number of benzene rings is 1. The molecule has 4 heteroatoms. The van der Waals surface area contributed by atoms with E-state index in [0.29, 0.717) is 5.56 Å². The molecule has 0 aliphatic heterocycles. The minimum atomic E-state index is -0.506. The van der Waals surface area contributed by atoms with Crippen LogP contribution in [0.4, 0.5) is 4.39 Å². The average Bonchev–Trinajstić information content (AvgIpc) is 2.14. The van der Waals surface area contributed by atoms with E-state index >= 15 is 0 Å². The molecule has 1 aromatic rings. The lowest BCUT2D eigenvalue weighted by Gasteiger charge is -2.12. The third-order valence-electron chi connectivity index (χ3n) is 1.99. The Labute approximate surface area is 81.4 Å². The van der Waals surface area contributed by atoms with Crippen molar-refractivity contribution >= 4 is 5.91 Å². The molecule has 0 heterocycles. The summed E-state index contributed by atoms with van der Waals surface area (Å²) >= 11 is 0. The van der Waals surface area contributed by atoms with Crippen LogP contribution in [0.15, 0.2) is 24.3 Å². The Balaban J connectivity index is 2.83. The van der Waals surface area contributed by atoms with Crippen LogP contribution in [0, 0.1) is 5.82 Å². The third kappa shape index (κ3) is 2.81. The second kappa shape index (κ2) is 4.72. The van der Waals surface area contributed by atoms with E-state index in [2.05, 4.69) is 0 Å².